The summed E-state index contributed by atoms with van der Waals surface area (Å²) < 4.78 is 6.73. The first-order valence-corrected chi connectivity index (χ1v) is 11.5. The van der Waals surface area contributed by atoms with Crippen molar-refractivity contribution in [3.8, 4) is 5.75 Å². The zero-order valence-electron chi connectivity index (χ0n) is 17.8. The average Bonchev–Trinajstić information content (AvgIpc) is 2.80. The molecule has 0 aliphatic rings. The van der Waals surface area contributed by atoms with Gasteiger partial charge in [0.1, 0.15) is 12.4 Å². The number of carbonyl (C=O) groups excluding carboxylic acids is 2. The van der Waals surface area contributed by atoms with Crippen LogP contribution in [0.2, 0.25) is 5.02 Å². The summed E-state index contributed by atoms with van der Waals surface area (Å²) in [7, 11) is 0. The standard InChI is InChI=1S/C25H23BrClN3O3/c26-20-11-13-21(14-12-20)29-24(31)9-4-10-25(32)30-28-16-18-5-3-7-22(15-18)33-17-19-6-1-2-8-23(19)27/h1-3,5-8,11-16H,4,9-10,17H2,(H,29,31)(H,30,32)/b28-16-. The van der Waals surface area contributed by atoms with Crippen LogP contribution in [0.15, 0.2) is 82.4 Å². The van der Waals surface area contributed by atoms with Gasteiger partial charge in [0.15, 0.2) is 0 Å². The lowest BCUT2D eigenvalue weighted by molar-refractivity contribution is -0.121. The van der Waals surface area contributed by atoms with E-state index >= 15 is 0 Å². The Morgan fingerprint density at radius 2 is 1.73 bits per heavy atom. The number of ether oxygens (including phenoxy) is 1. The second kappa shape index (κ2) is 12.8. The van der Waals surface area contributed by atoms with E-state index in [1.807, 2.05) is 60.7 Å². The molecule has 0 heterocycles. The Morgan fingerprint density at radius 3 is 2.52 bits per heavy atom. The Hall–Kier alpha value is -3.16. The minimum Gasteiger partial charge on any atom is -0.489 e. The third kappa shape index (κ3) is 8.71. The lowest BCUT2D eigenvalue weighted by atomic mass is 10.2. The molecule has 2 N–H and O–H groups in total. The highest BCUT2D eigenvalue weighted by Gasteiger charge is 2.06. The molecule has 0 fully saturated rings. The second-order valence-corrected chi connectivity index (χ2v) is 8.48. The zero-order chi connectivity index (χ0) is 23.5. The predicted octanol–water partition coefficient (Wildman–Crippen LogP) is 5.94. The highest BCUT2D eigenvalue weighted by Crippen LogP contribution is 2.19. The van der Waals surface area contributed by atoms with Crippen molar-refractivity contribution in [2.24, 2.45) is 5.10 Å². The highest BCUT2D eigenvalue weighted by molar-refractivity contribution is 9.10. The summed E-state index contributed by atoms with van der Waals surface area (Å²) in [6.45, 7) is 0.354. The van der Waals surface area contributed by atoms with Crippen molar-refractivity contribution >= 4 is 51.2 Å². The quantitative estimate of drug-likeness (QED) is 0.252. The lowest BCUT2D eigenvalue weighted by Crippen LogP contribution is -2.18. The maximum atomic E-state index is 12.0. The van der Waals surface area contributed by atoms with Crippen LogP contribution in [0, 0.1) is 0 Å². The van der Waals surface area contributed by atoms with Gasteiger partial charge in [-0.25, -0.2) is 5.43 Å². The van der Waals surface area contributed by atoms with Crippen molar-refractivity contribution in [1.29, 1.82) is 0 Å². The molecule has 0 saturated carbocycles. The van der Waals surface area contributed by atoms with Crippen molar-refractivity contribution in [3.63, 3.8) is 0 Å². The number of benzene rings is 3. The maximum Gasteiger partial charge on any atom is 0.240 e. The largest absolute Gasteiger partial charge is 0.489 e. The minimum absolute atomic E-state index is 0.137. The summed E-state index contributed by atoms with van der Waals surface area (Å²) in [5.41, 5.74) is 4.88. The van der Waals surface area contributed by atoms with Crippen molar-refractivity contribution in [2.45, 2.75) is 25.9 Å². The van der Waals surface area contributed by atoms with Gasteiger partial charge in [0.05, 0.1) is 6.21 Å². The maximum absolute atomic E-state index is 12.0. The van der Waals surface area contributed by atoms with E-state index in [9.17, 15) is 9.59 Å². The number of rotatable bonds is 10. The molecule has 0 bridgehead atoms. The average molecular weight is 529 g/mol. The molecule has 3 rings (SSSR count). The number of carbonyl (C=O) groups is 2. The third-order valence-electron chi connectivity index (χ3n) is 4.55. The fourth-order valence-corrected chi connectivity index (χ4v) is 3.32. The first-order valence-electron chi connectivity index (χ1n) is 10.3. The van der Waals surface area contributed by atoms with E-state index in [1.165, 1.54) is 0 Å². The van der Waals surface area contributed by atoms with Crippen molar-refractivity contribution in [2.75, 3.05) is 5.32 Å². The van der Waals surface area contributed by atoms with Crippen LogP contribution in [0.4, 0.5) is 5.69 Å². The van der Waals surface area contributed by atoms with E-state index in [1.54, 1.807) is 18.3 Å². The van der Waals surface area contributed by atoms with Crippen molar-refractivity contribution in [1.82, 2.24) is 5.43 Å². The Balaban J connectivity index is 1.38. The fraction of sp³-hybridized carbons (Fsp3) is 0.160. The Labute approximate surface area is 206 Å². The van der Waals surface area contributed by atoms with E-state index < -0.39 is 0 Å². The normalized spacial score (nSPS) is 10.7. The fourth-order valence-electron chi connectivity index (χ4n) is 2.86. The van der Waals surface area contributed by atoms with Gasteiger partial charge < -0.3 is 10.1 Å². The number of anilines is 1. The van der Waals surface area contributed by atoms with E-state index in [-0.39, 0.29) is 24.7 Å². The summed E-state index contributed by atoms with van der Waals surface area (Å²) >= 11 is 9.50. The molecule has 3 aromatic rings. The van der Waals surface area contributed by atoms with Crippen LogP contribution >= 0.6 is 27.5 Å². The monoisotopic (exact) mass is 527 g/mol. The van der Waals surface area contributed by atoms with Crippen LogP contribution in [0.25, 0.3) is 0 Å². The van der Waals surface area contributed by atoms with Gasteiger partial charge in [-0.3, -0.25) is 9.59 Å². The Bertz CT molecular complexity index is 1120. The first-order chi connectivity index (χ1) is 16.0. The number of nitrogens with one attached hydrogen (secondary N) is 2. The topological polar surface area (TPSA) is 79.8 Å². The molecule has 0 unspecified atom stereocenters. The molecule has 3 aromatic carbocycles. The van der Waals surface area contributed by atoms with Crippen LogP contribution in [0.3, 0.4) is 0 Å². The third-order valence-corrected chi connectivity index (χ3v) is 5.45. The van der Waals surface area contributed by atoms with Gasteiger partial charge in [0.2, 0.25) is 11.8 Å². The number of hydrogen-bond donors (Lipinski definition) is 2. The van der Waals surface area contributed by atoms with Crippen LogP contribution < -0.4 is 15.5 Å². The SMILES string of the molecule is O=C(CCCC(=O)Nc1ccc(Br)cc1)N/N=C\c1cccc(OCc2ccccc2Cl)c1. The highest BCUT2D eigenvalue weighted by atomic mass is 79.9. The number of hydrazone groups is 1. The van der Waals surface area contributed by atoms with Crippen molar-refractivity contribution in [3.05, 3.63) is 93.4 Å². The van der Waals surface area contributed by atoms with Gasteiger partial charge in [-0.1, -0.05) is 57.9 Å². The van der Waals surface area contributed by atoms with Gasteiger partial charge in [-0.15, -0.1) is 0 Å². The van der Waals surface area contributed by atoms with Gasteiger partial charge in [-0.2, -0.15) is 5.10 Å². The zero-order valence-corrected chi connectivity index (χ0v) is 20.1. The van der Waals surface area contributed by atoms with Gasteiger partial charge in [0, 0.05) is 33.6 Å². The van der Waals surface area contributed by atoms with E-state index in [4.69, 9.17) is 16.3 Å². The summed E-state index contributed by atoms with van der Waals surface area (Å²) in [4.78, 5) is 23.9. The van der Waals surface area contributed by atoms with Gasteiger partial charge in [0.25, 0.3) is 0 Å². The van der Waals surface area contributed by atoms with Crippen molar-refractivity contribution < 1.29 is 14.3 Å². The molecule has 6 nitrogen and oxygen atoms in total. The molecule has 0 saturated heterocycles. The molecule has 8 heteroatoms. The smallest absolute Gasteiger partial charge is 0.240 e. The molecule has 33 heavy (non-hydrogen) atoms. The number of amides is 2. The van der Waals surface area contributed by atoms with Gasteiger partial charge in [-0.05, 0) is 54.4 Å². The van der Waals surface area contributed by atoms with E-state index in [0.29, 0.717) is 23.8 Å². The molecule has 0 atom stereocenters. The van der Waals surface area contributed by atoms with Crippen LogP contribution in [0.1, 0.15) is 30.4 Å². The molecule has 0 spiro atoms. The molecular weight excluding hydrogens is 506 g/mol. The molecule has 0 aliphatic carbocycles. The molecule has 170 valence electrons. The summed E-state index contributed by atoms with van der Waals surface area (Å²) in [6.07, 6.45) is 2.42. The number of hydrogen-bond acceptors (Lipinski definition) is 4. The first kappa shape index (κ1) is 24.5. The second-order valence-electron chi connectivity index (χ2n) is 7.15. The molecular formula is C25H23BrClN3O3. The van der Waals surface area contributed by atoms with E-state index in [0.717, 1.165) is 21.3 Å². The Morgan fingerprint density at radius 1 is 0.970 bits per heavy atom. The minimum atomic E-state index is -0.256. The number of nitrogens with zero attached hydrogens (tertiary/aromatic N) is 1. The lowest BCUT2D eigenvalue weighted by Gasteiger charge is -2.08. The van der Waals surface area contributed by atoms with Crippen LogP contribution in [0.5, 0.6) is 5.75 Å². The summed E-state index contributed by atoms with van der Waals surface area (Å²) in [6, 6.07) is 22.2. The Kier molecular flexibility index (Phi) is 9.47. The van der Waals surface area contributed by atoms with Gasteiger partial charge >= 0.3 is 0 Å². The molecule has 0 radical (unpaired) electrons. The molecule has 2 amide bonds. The number of halogens is 2. The van der Waals surface area contributed by atoms with Crippen LogP contribution in [-0.2, 0) is 16.2 Å². The van der Waals surface area contributed by atoms with Crippen LogP contribution in [-0.4, -0.2) is 18.0 Å². The van der Waals surface area contributed by atoms with E-state index in [2.05, 4.69) is 31.8 Å². The predicted molar refractivity (Wildman–Crippen MR) is 135 cm³/mol. The summed E-state index contributed by atoms with van der Waals surface area (Å²) in [5.74, 6) is 0.276. The molecule has 0 aliphatic heterocycles. The summed E-state index contributed by atoms with van der Waals surface area (Å²) in [5, 5.41) is 7.44. The molecule has 0 aromatic heterocycles.